The molecule has 0 N–H and O–H groups in total. The van der Waals surface area contributed by atoms with E-state index < -0.39 is 0 Å². The molecule has 0 fully saturated rings. The Kier molecular flexibility index (Phi) is 4.30. The van der Waals surface area contributed by atoms with Crippen LogP contribution in [0.2, 0.25) is 0 Å². The first-order chi connectivity index (χ1) is 8.79. The Morgan fingerprint density at radius 3 is 2.78 bits per heavy atom. The molecular weight excluding hydrogens is 296 g/mol. The molecule has 92 valence electrons. The van der Waals surface area contributed by atoms with Crippen LogP contribution in [0.3, 0.4) is 0 Å². The van der Waals surface area contributed by atoms with Gasteiger partial charge in [-0.1, -0.05) is 46.3 Å². The number of halogens is 1. The largest absolute Gasteiger partial charge is 0.618 e. The predicted molar refractivity (Wildman–Crippen MR) is 71.9 cm³/mol. The van der Waals surface area contributed by atoms with Gasteiger partial charge in [0, 0.05) is 6.08 Å². The zero-order valence-electron chi connectivity index (χ0n) is 9.49. The number of hydrogen-bond acceptors (Lipinski definition) is 3. The fourth-order valence-electron chi connectivity index (χ4n) is 1.38. The third-order valence-corrected chi connectivity index (χ3v) is 2.53. The van der Waals surface area contributed by atoms with E-state index in [0.717, 1.165) is 5.56 Å². The third kappa shape index (κ3) is 3.30. The maximum absolute atomic E-state index is 11.6. The second-order valence-electron chi connectivity index (χ2n) is 3.54. The second kappa shape index (κ2) is 6.16. The van der Waals surface area contributed by atoms with Crippen molar-refractivity contribution in [2.24, 2.45) is 0 Å². The van der Waals surface area contributed by atoms with Gasteiger partial charge >= 0.3 is 0 Å². The SMILES string of the molecule is [O-][n+]1cc(OCc2ccccc2)ncc1/C=C/Br. The number of aromatic nitrogens is 2. The van der Waals surface area contributed by atoms with E-state index >= 15 is 0 Å². The molecule has 0 radical (unpaired) electrons. The number of hydrogen-bond donors (Lipinski definition) is 0. The smallest absolute Gasteiger partial charge is 0.281 e. The van der Waals surface area contributed by atoms with Crippen LogP contribution >= 0.6 is 15.9 Å². The summed E-state index contributed by atoms with van der Waals surface area (Å²) in [5.74, 6) is 0.306. The van der Waals surface area contributed by atoms with Crippen LogP contribution in [-0.4, -0.2) is 4.98 Å². The highest BCUT2D eigenvalue weighted by atomic mass is 79.9. The van der Waals surface area contributed by atoms with Gasteiger partial charge in [0.05, 0.1) is 0 Å². The van der Waals surface area contributed by atoms with Crippen molar-refractivity contribution < 1.29 is 9.47 Å². The van der Waals surface area contributed by atoms with Crippen molar-refractivity contribution in [2.75, 3.05) is 0 Å². The van der Waals surface area contributed by atoms with Crippen LogP contribution in [0.4, 0.5) is 0 Å². The molecule has 0 aliphatic heterocycles. The van der Waals surface area contributed by atoms with Crippen LogP contribution in [0.25, 0.3) is 6.08 Å². The molecule has 0 atom stereocenters. The molecule has 2 rings (SSSR count). The van der Waals surface area contributed by atoms with E-state index in [1.165, 1.54) is 12.4 Å². The quantitative estimate of drug-likeness (QED) is 0.644. The molecule has 0 unspecified atom stereocenters. The highest BCUT2D eigenvalue weighted by Gasteiger charge is 2.06. The number of ether oxygens (including phenoxy) is 1. The van der Waals surface area contributed by atoms with Crippen LogP contribution in [0.15, 0.2) is 47.7 Å². The van der Waals surface area contributed by atoms with Gasteiger partial charge in [-0.3, -0.25) is 0 Å². The van der Waals surface area contributed by atoms with E-state index in [-0.39, 0.29) is 0 Å². The lowest BCUT2D eigenvalue weighted by molar-refractivity contribution is -0.608. The highest BCUT2D eigenvalue weighted by Crippen LogP contribution is 2.08. The van der Waals surface area contributed by atoms with Crippen molar-refractivity contribution >= 4 is 22.0 Å². The minimum atomic E-state index is 0.306. The zero-order valence-corrected chi connectivity index (χ0v) is 11.1. The molecule has 4 nitrogen and oxygen atoms in total. The highest BCUT2D eigenvalue weighted by molar-refractivity contribution is 9.11. The molecule has 5 heteroatoms. The fraction of sp³-hybridized carbons (Fsp3) is 0.0769. The van der Waals surface area contributed by atoms with Gasteiger partial charge in [0.25, 0.3) is 5.88 Å². The molecule has 18 heavy (non-hydrogen) atoms. The molecule has 0 aliphatic carbocycles. The molecule has 0 aliphatic rings. The lowest BCUT2D eigenvalue weighted by Gasteiger charge is -2.05. The van der Waals surface area contributed by atoms with Crippen LogP contribution in [-0.2, 0) is 6.61 Å². The van der Waals surface area contributed by atoms with Gasteiger partial charge in [-0.15, -0.1) is 0 Å². The molecule has 0 saturated carbocycles. The van der Waals surface area contributed by atoms with Gasteiger partial charge in [-0.25, -0.2) is 4.98 Å². The van der Waals surface area contributed by atoms with Gasteiger partial charge in [-0.05, 0) is 10.5 Å². The monoisotopic (exact) mass is 306 g/mol. The molecule has 1 aromatic heterocycles. The topological polar surface area (TPSA) is 49.1 Å². The Hall–Kier alpha value is -1.88. The van der Waals surface area contributed by atoms with E-state index in [0.29, 0.717) is 22.9 Å². The summed E-state index contributed by atoms with van der Waals surface area (Å²) >= 11 is 3.11. The van der Waals surface area contributed by atoms with Crippen molar-refractivity contribution in [1.29, 1.82) is 0 Å². The Morgan fingerprint density at radius 1 is 1.33 bits per heavy atom. The Labute approximate surface area is 113 Å². The van der Waals surface area contributed by atoms with Crippen molar-refractivity contribution in [2.45, 2.75) is 6.61 Å². The van der Waals surface area contributed by atoms with Crippen LogP contribution in [0.5, 0.6) is 5.88 Å². The first-order valence-electron chi connectivity index (χ1n) is 5.32. The molecular formula is C13H11BrN2O2. The summed E-state index contributed by atoms with van der Waals surface area (Å²) in [6.07, 6.45) is 4.39. The third-order valence-electron chi connectivity index (χ3n) is 2.27. The Bertz CT molecular complexity index is 544. The molecule has 1 aromatic carbocycles. The summed E-state index contributed by atoms with van der Waals surface area (Å²) in [6, 6.07) is 9.71. The average Bonchev–Trinajstić information content (AvgIpc) is 2.41. The lowest BCUT2D eigenvalue weighted by atomic mass is 10.2. The van der Waals surface area contributed by atoms with Crippen molar-refractivity contribution in [3.8, 4) is 5.88 Å². The number of rotatable bonds is 4. The van der Waals surface area contributed by atoms with E-state index in [4.69, 9.17) is 4.74 Å². The van der Waals surface area contributed by atoms with Gasteiger partial charge in [-0.2, -0.15) is 4.73 Å². The number of benzene rings is 1. The van der Waals surface area contributed by atoms with E-state index in [9.17, 15) is 5.21 Å². The molecule has 0 spiro atoms. The van der Waals surface area contributed by atoms with Crippen molar-refractivity contribution in [3.63, 3.8) is 0 Å². The van der Waals surface area contributed by atoms with Crippen LogP contribution in [0, 0.1) is 5.21 Å². The molecule has 0 bridgehead atoms. The van der Waals surface area contributed by atoms with Crippen LogP contribution < -0.4 is 9.47 Å². The summed E-state index contributed by atoms with van der Waals surface area (Å²) in [5, 5.41) is 11.6. The Balaban J connectivity index is 2.04. The zero-order chi connectivity index (χ0) is 12.8. The summed E-state index contributed by atoms with van der Waals surface area (Å²) in [6.45, 7) is 0.390. The van der Waals surface area contributed by atoms with E-state index in [1.807, 2.05) is 30.3 Å². The van der Waals surface area contributed by atoms with Gasteiger partial charge in [0.1, 0.15) is 12.8 Å². The average molecular weight is 307 g/mol. The standard InChI is InChI=1S/C13H11BrN2O2/c14-7-6-12-8-15-13(9-16(12)17)18-10-11-4-2-1-3-5-11/h1-9H,10H2/b7-6+. The van der Waals surface area contributed by atoms with Gasteiger partial charge < -0.3 is 9.94 Å². The first kappa shape index (κ1) is 12.6. The maximum atomic E-state index is 11.6. The molecule has 2 aromatic rings. The lowest BCUT2D eigenvalue weighted by Crippen LogP contribution is -2.29. The van der Waals surface area contributed by atoms with E-state index in [2.05, 4.69) is 20.9 Å². The summed E-state index contributed by atoms with van der Waals surface area (Å²) in [5.41, 5.74) is 1.47. The summed E-state index contributed by atoms with van der Waals surface area (Å²) < 4.78 is 6.15. The molecule has 0 amide bonds. The summed E-state index contributed by atoms with van der Waals surface area (Å²) in [4.78, 5) is 5.66. The minimum Gasteiger partial charge on any atom is -0.618 e. The van der Waals surface area contributed by atoms with Crippen molar-refractivity contribution in [1.82, 2.24) is 4.98 Å². The number of nitrogens with zero attached hydrogens (tertiary/aromatic N) is 2. The van der Waals surface area contributed by atoms with Crippen molar-refractivity contribution in [3.05, 3.63) is 64.2 Å². The van der Waals surface area contributed by atoms with Gasteiger partial charge in [0.15, 0.2) is 0 Å². The minimum absolute atomic E-state index is 0.306. The Morgan fingerprint density at radius 2 is 2.11 bits per heavy atom. The molecule has 0 saturated heterocycles. The fourth-order valence-corrected chi connectivity index (χ4v) is 1.65. The predicted octanol–water partition coefficient (Wildman–Crippen LogP) is 2.66. The summed E-state index contributed by atoms with van der Waals surface area (Å²) in [7, 11) is 0. The first-order valence-corrected chi connectivity index (χ1v) is 6.24. The van der Waals surface area contributed by atoms with E-state index in [1.54, 1.807) is 11.1 Å². The second-order valence-corrected chi connectivity index (χ2v) is 4.07. The maximum Gasteiger partial charge on any atom is 0.281 e. The van der Waals surface area contributed by atoms with Crippen LogP contribution in [0.1, 0.15) is 11.3 Å². The normalized spacial score (nSPS) is 10.7. The van der Waals surface area contributed by atoms with Gasteiger partial charge in [0.2, 0.25) is 11.9 Å². The molecule has 1 heterocycles.